The molecule has 1 aliphatic heterocycles. The molecule has 0 aromatic carbocycles. The van der Waals surface area contributed by atoms with Crippen molar-refractivity contribution >= 4 is 17.0 Å². The Balaban J connectivity index is 1.82. The van der Waals surface area contributed by atoms with Gasteiger partial charge in [-0.3, -0.25) is 4.57 Å². The molecule has 24 heavy (non-hydrogen) atoms. The number of aromatic amines is 1. The summed E-state index contributed by atoms with van der Waals surface area (Å²) in [5.74, 6) is 0.353. The minimum Gasteiger partial charge on any atom is -0.394 e. The van der Waals surface area contributed by atoms with E-state index in [0.717, 1.165) is 0 Å². The van der Waals surface area contributed by atoms with Gasteiger partial charge in [-0.1, -0.05) is 0 Å². The second kappa shape index (κ2) is 5.45. The molecule has 0 amide bonds. The van der Waals surface area contributed by atoms with Crippen molar-refractivity contribution in [3.05, 3.63) is 12.5 Å². The zero-order chi connectivity index (χ0) is 16.8. The molecule has 6 N–H and O–H groups in total. The van der Waals surface area contributed by atoms with E-state index in [0.29, 0.717) is 16.9 Å². The molecule has 3 aromatic rings. The zero-order valence-corrected chi connectivity index (χ0v) is 12.2. The Labute approximate surface area is 133 Å². The molecule has 0 unspecified atom stereocenters. The van der Waals surface area contributed by atoms with E-state index >= 15 is 0 Å². The molecule has 0 spiro atoms. The summed E-state index contributed by atoms with van der Waals surface area (Å²) in [5, 5.41) is 39.3. The van der Waals surface area contributed by atoms with Crippen LogP contribution in [0.3, 0.4) is 0 Å². The van der Waals surface area contributed by atoms with Crippen LogP contribution in [0.25, 0.3) is 22.7 Å². The van der Waals surface area contributed by atoms with E-state index in [1.807, 2.05) is 0 Å². The molecule has 126 valence electrons. The lowest BCUT2D eigenvalue weighted by Gasteiger charge is -2.16. The lowest BCUT2D eigenvalue weighted by atomic mass is 10.1. The van der Waals surface area contributed by atoms with E-state index in [9.17, 15) is 15.3 Å². The number of ether oxygens (including phenoxy) is 1. The molecule has 4 atom stereocenters. The number of aromatic nitrogens is 7. The quantitative estimate of drug-likeness (QED) is 0.352. The first-order valence-electron chi connectivity index (χ1n) is 7.08. The summed E-state index contributed by atoms with van der Waals surface area (Å²) in [6.07, 6.45) is -1.55. The van der Waals surface area contributed by atoms with E-state index in [1.54, 1.807) is 0 Å². The predicted molar refractivity (Wildman–Crippen MR) is 78.1 cm³/mol. The first kappa shape index (κ1) is 14.9. The monoisotopic (exact) mass is 334 g/mol. The summed E-state index contributed by atoms with van der Waals surface area (Å²) in [4.78, 5) is 12.6. The van der Waals surface area contributed by atoms with Crippen LogP contribution >= 0.6 is 0 Å². The van der Waals surface area contributed by atoms with E-state index in [2.05, 4.69) is 30.4 Å². The highest BCUT2D eigenvalue weighted by atomic mass is 16.6. The highest BCUT2D eigenvalue weighted by Gasteiger charge is 2.44. The Morgan fingerprint density at radius 1 is 1.29 bits per heavy atom. The Bertz CT molecular complexity index is 865. The van der Waals surface area contributed by atoms with Gasteiger partial charge in [0.05, 0.1) is 19.1 Å². The molecular formula is C12H14N8O4. The number of H-pyrrole nitrogens is 1. The summed E-state index contributed by atoms with van der Waals surface area (Å²) in [7, 11) is 0. The van der Waals surface area contributed by atoms with Crippen LogP contribution in [0.2, 0.25) is 0 Å². The van der Waals surface area contributed by atoms with Crippen LogP contribution in [-0.4, -0.2) is 75.2 Å². The fraction of sp³-hybridized carbons (Fsp3) is 0.417. The maximum absolute atomic E-state index is 10.2. The van der Waals surface area contributed by atoms with Crippen molar-refractivity contribution < 1.29 is 20.1 Å². The van der Waals surface area contributed by atoms with Crippen molar-refractivity contribution in [2.24, 2.45) is 0 Å². The topological polar surface area (TPSA) is 181 Å². The Kier molecular flexibility index (Phi) is 3.38. The van der Waals surface area contributed by atoms with Crippen molar-refractivity contribution in [3.63, 3.8) is 0 Å². The number of nitrogens with zero attached hydrogens (tertiary/aromatic N) is 6. The Morgan fingerprint density at radius 2 is 2.12 bits per heavy atom. The molecule has 0 bridgehead atoms. The number of anilines is 1. The van der Waals surface area contributed by atoms with Crippen LogP contribution in [-0.2, 0) is 4.74 Å². The highest BCUT2D eigenvalue weighted by Crippen LogP contribution is 2.32. The van der Waals surface area contributed by atoms with Gasteiger partial charge in [-0.2, -0.15) is 15.4 Å². The number of nitrogens with two attached hydrogens (primary N) is 1. The summed E-state index contributed by atoms with van der Waals surface area (Å²) >= 11 is 0. The number of nitrogen functional groups attached to an aromatic ring is 1. The third kappa shape index (κ3) is 2.12. The molecule has 0 saturated carbocycles. The summed E-state index contributed by atoms with van der Waals surface area (Å²) in [5.41, 5.74) is 6.92. The molecule has 1 fully saturated rings. The van der Waals surface area contributed by atoms with Gasteiger partial charge in [-0.15, -0.1) is 0 Å². The van der Waals surface area contributed by atoms with Crippen molar-refractivity contribution in [2.45, 2.75) is 24.5 Å². The molecule has 1 aliphatic rings. The minimum atomic E-state index is -1.26. The fourth-order valence-corrected chi connectivity index (χ4v) is 2.66. The van der Waals surface area contributed by atoms with Gasteiger partial charge >= 0.3 is 0 Å². The maximum atomic E-state index is 10.2. The lowest BCUT2D eigenvalue weighted by Crippen LogP contribution is -2.33. The van der Waals surface area contributed by atoms with E-state index < -0.39 is 31.1 Å². The van der Waals surface area contributed by atoms with E-state index in [4.69, 9.17) is 10.5 Å². The first-order valence-corrected chi connectivity index (χ1v) is 7.08. The molecular weight excluding hydrogens is 320 g/mol. The minimum absolute atomic E-state index is 0.128. The van der Waals surface area contributed by atoms with Gasteiger partial charge in [0.15, 0.2) is 23.5 Å². The number of imidazole rings is 1. The average molecular weight is 334 g/mol. The van der Waals surface area contributed by atoms with E-state index in [1.165, 1.54) is 17.1 Å². The van der Waals surface area contributed by atoms with Crippen LogP contribution < -0.4 is 5.73 Å². The normalized spacial score (nSPS) is 27.1. The van der Waals surface area contributed by atoms with Crippen molar-refractivity contribution in [1.29, 1.82) is 0 Å². The number of nitrogens with one attached hydrogen (secondary N) is 1. The van der Waals surface area contributed by atoms with Crippen LogP contribution in [0.1, 0.15) is 6.23 Å². The molecule has 4 rings (SSSR count). The summed E-state index contributed by atoms with van der Waals surface area (Å²) in [6.45, 7) is -0.428. The molecule has 4 heterocycles. The number of hydrogen-bond donors (Lipinski definition) is 5. The number of fused-ring (bicyclic) bond motifs is 1. The average Bonchev–Trinajstić information content (AvgIpc) is 3.28. The largest absolute Gasteiger partial charge is 0.394 e. The number of aliphatic hydroxyl groups excluding tert-OH is 3. The van der Waals surface area contributed by atoms with Crippen LogP contribution in [0.15, 0.2) is 12.5 Å². The van der Waals surface area contributed by atoms with Gasteiger partial charge in [0.2, 0.25) is 0 Å². The summed E-state index contributed by atoms with van der Waals surface area (Å²) in [6, 6.07) is 0. The number of rotatable bonds is 3. The molecule has 0 aliphatic carbocycles. The first-order chi connectivity index (χ1) is 11.6. The highest BCUT2D eigenvalue weighted by molar-refractivity contribution is 5.83. The second-order valence-electron chi connectivity index (χ2n) is 5.34. The lowest BCUT2D eigenvalue weighted by molar-refractivity contribution is -0.0511. The summed E-state index contributed by atoms with van der Waals surface area (Å²) < 4.78 is 6.93. The van der Waals surface area contributed by atoms with Gasteiger partial charge < -0.3 is 25.8 Å². The standard InChI is InChI=1S/C12H14N8O4/c13-9-6-11(17-10(16-9)4-1-15-19-18-4)20(3-14-6)12-8(23)7(22)5(2-21)24-12/h1,3,5,7-8,12,21-23H,2H2,(H2,13,16,17)(H,15,18,19)/t5-,7-,8-,12-/m1/s1. The smallest absolute Gasteiger partial charge is 0.185 e. The van der Waals surface area contributed by atoms with Gasteiger partial charge in [-0.05, 0) is 0 Å². The third-order valence-corrected chi connectivity index (χ3v) is 3.88. The SMILES string of the molecule is Nc1nc(-c2cn[nH]n2)nc2c1ncn2[C@@H]1O[C@H](CO)[C@@H](O)[C@H]1O. The molecule has 1 saturated heterocycles. The van der Waals surface area contributed by atoms with Crippen molar-refractivity contribution in [2.75, 3.05) is 12.3 Å². The zero-order valence-electron chi connectivity index (χ0n) is 12.2. The molecule has 3 aromatic heterocycles. The molecule has 12 nitrogen and oxygen atoms in total. The number of hydrogen-bond acceptors (Lipinski definition) is 10. The predicted octanol–water partition coefficient (Wildman–Crippen LogP) is -2.19. The second-order valence-corrected chi connectivity index (χ2v) is 5.34. The van der Waals surface area contributed by atoms with E-state index in [-0.39, 0.29) is 11.6 Å². The maximum Gasteiger partial charge on any atom is 0.185 e. The van der Waals surface area contributed by atoms with Gasteiger partial charge in [0, 0.05) is 0 Å². The third-order valence-electron chi connectivity index (χ3n) is 3.88. The van der Waals surface area contributed by atoms with Crippen molar-refractivity contribution in [3.8, 4) is 11.5 Å². The van der Waals surface area contributed by atoms with Gasteiger partial charge in [0.1, 0.15) is 29.5 Å². The number of aliphatic hydroxyl groups is 3. The fourth-order valence-electron chi connectivity index (χ4n) is 2.66. The Morgan fingerprint density at radius 3 is 2.79 bits per heavy atom. The van der Waals surface area contributed by atoms with Crippen LogP contribution in [0, 0.1) is 0 Å². The van der Waals surface area contributed by atoms with Crippen molar-refractivity contribution in [1.82, 2.24) is 34.9 Å². The van der Waals surface area contributed by atoms with Gasteiger partial charge in [-0.25, -0.2) is 15.0 Å². The molecule has 0 radical (unpaired) electrons. The van der Waals surface area contributed by atoms with Crippen LogP contribution in [0.5, 0.6) is 0 Å². The Hall–Kier alpha value is -2.67. The van der Waals surface area contributed by atoms with Crippen LogP contribution in [0.4, 0.5) is 5.82 Å². The van der Waals surface area contributed by atoms with Gasteiger partial charge in [0.25, 0.3) is 0 Å². The molecule has 12 heteroatoms.